The second-order valence-corrected chi connectivity index (χ2v) is 2.99. The minimum absolute atomic E-state index is 0.413. The van der Waals surface area contributed by atoms with E-state index in [2.05, 4.69) is 12.7 Å². The number of hydrogen-bond donors (Lipinski definition) is 1. The molecule has 10 heavy (non-hydrogen) atoms. The Kier molecular flexibility index (Phi) is 1.03. The average molecular weight is 134 g/mol. The largest absolute Gasteiger partial charge is 0.504 e. The van der Waals surface area contributed by atoms with Crippen molar-refractivity contribution in [1.82, 2.24) is 0 Å². The van der Waals surface area contributed by atoms with Crippen molar-refractivity contribution in [3.05, 3.63) is 28.2 Å². The predicted octanol–water partition coefficient (Wildman–Crippen LogP) is 2.47. The highest BCUT2D eigenvalue weighted by Crippen LogP contribution is 2.38. The molecule has 0 atom stereocenters. The highest BCUT2D eigenvalue weighted by molar-refractivity contribution is 5.46. The van der Waals surface area contributed by atoms with E-state index >= 15 is 0 Å². The fourth-order valence-electron chi connectivity index (χ4n) is 1.56. The standard InChI is InChI=1S/C9H10O/c1-6-4-8(10)5-7-2-3-9(6)7/h10H,2-4H2,1H3. The quantitative estimate of drug-likeness (QED) is 0.504. The van der Waals surface area contributed by atoms with Gasteiger partial charge in [-0.3, -0.25) is 0 Å². The SMILES string of the molecule is CC1=C2CCC2=C=C(O)C1. The van der Waals surface area contributed by atoms with Crippen molar-refractivity contribution in [2.75, 3.05) is 0 Å². The predicted molar refractivity (Wildman–Crippen MR) is 39.7 cm³/mol. The maximum Gasteiger partial charge on any atom is 0.139 e. The molecule has 1 nitrogen and oxygen atoms in total. The Labute approximate surface area is 60.4 Å². The number of rotatable bonds is 0. The summed E-state index contributed by atoms with van der Waals surface area (Å²) in [4.78, 5) is 0. The van der Waals surface area contributed by atoms with E-state index in [-0.39, 0.29) is 0 Å². The lowest BCUT2D eigenvalue weighted by Gasteiger charge is -2.25. The van der Waals surface area contributed by atoms with Gasteiger partial charge >= 0.3 is 0 Å². The molecule has 1 N–H and O–H groups in total. The summed E-state index contributed by atoms with van der Waals surface area (Å²) < 4.78 is 0. The van der Waals surface area contributed by atoms with Gasteiger partial charge in [0.1, 0.15) is 5.76 Å². The molecule has 1 saturated carbocycles. The topological polar surface area (TPSA) is 20.2 Å². The summed E-state index contributed by atoms with van der Waals surface area (Å²) >= 11 is 0. The summed E-state index contributed by atoms with van der Waals surface area (Å²) in [5, 5.41) is 9.15. The molecule has 2 rings (SSSR count). The molecule has 0 saturated heterocycles. The van der Waals surface area contributed by atoms with Gasteiger partial charge in [-0.1, -0.05) is 11.3 Å². The lowest BCUT2D eigenvalue weighted by atomic mass is 9.80. The molecular formula is C9H10O. The van der Waals surface area contributed by atoms with Crippen molar-refractivity contribution in [2.45, 2.75) is 26.2 Å². The van der Waals surface area contributed by atoms with Gasteiger partial charge in [0, 0.05) is 12.0 Å². The molecule has 1 fully saturated rings. The van der Waals surface area contributed by atoms with Crippen LogP contribution in [0.25, 0.3) is 0 Å². The summed E-state index contributed by atoms with van der Waals surface area (Å²) in [7, 11) is 0. The lowest BCUT2D eigenvalue weighted by Crippen LogP contribution is -2.08. The van der Waals surface area contributed by atoms with Crippen molar-refractivity contribution < 1.29 is 5.11 Å². The zero-order chi connectivity index (χ0) is 7.14. The summed E-state index contributed by atoms with van der Waals surface area (Å²) in [6, 6.07) is 0. The monoisotopic (exact) mass is 134 g/mol. The van der Waals surface area contributed by atoms with Gasteiger partial charge in [0.15, 0.2) is 0 Å². The molecule has 0 aromatic rings. The van der Waals surface area contributed by atoms with Crippen LogP contribution in [0.4, 0.5) is 0 Å². The van der Waals surface area contributed by atoms with Crippen molar-refractivity contribution in [3.8, 4) is 0 Å². The molecule has 0 radical (unpaired) electrons. The Balaban J connectivity index is 2.51. The van der Waals surface area contributed by atoms with Crippen LogP contribution >= 0.6 is 0 Å². The number of aliphatic hydroxyl groups is 1. The molecule has 0 heterocycles. The number of hydrogen-bond acceptors (Lipinski definition) is 1. The van der Waals surface area contributed by atoms with Crippen LogP contribution in [0, 0.1) is 0 Å². The fourth-order valence-corrected chi connectivity index (χ4v) is 1.56. The number of aliphatic hydroxyl groups excluding tert-OH is 1. The third-order valence-corrected chi connectivity index (χ3v) is 2.23. The van der Waals surface area contributed by atoms with Gasteiger partial charge in [0.2, 0.25) is 0 Å². The lowest BCUT2D eigenvalue weighted by molar-refractivity contribution is 0.395. The Morgan fingerprint density at radius 3 is 2.70 bits per heavy atom. The zero-order valence-corrected chi connectivity index (χ0v) is 6.07. The first kappa shape index (κ1) is 5.82. The second-order valence-electron chi connectivity index (χ2n) is 2.99. The molecule has 0 aromatic carbocycles. The number of fused-ring (bicyclic) bond motifs is 1. The third-order valence-electron chi connectivity index (χ3n) is 2.23. The van der Waals surface area contributed by atoms with Crippen LogP contribution < -0.4 is 0 Å². The molecular weight excluding hydrogens is 124 g/mol. The first-order valence-corrected chi connectivity index (χ1v) is 3.64. The maximum absolute atomic E-state index is 9.15. The van der Waals surface area contributed by atoms with E-state index in [1.807, 2.05) is 0 Å². The highest BCUT2D eigenvalue weighted by atomic mass is 16.3. The van der Waals surface area contributed by atoms with E-state index in [1.54, 1.807) is 0 Å². The molecule has 1 heteroatoms. The Bertz CT molecular complexity index is 275. The maximum atomic E-state index is 9.15. The van der Waals surface area contributed by atoms with E-state index < -0.39 is 0 Å². The highest BCUT2D eigenvalue weighted by Gasteiger charge is 2.21. The normalized spacial score (nSPS) is 22.9. The van der Waals surface area contributed by atoms with E-state index in [1.165, 1.54) is 23.1 Å². The van der Waals surface area contributed by atoms with Crippen LogP contribution in [0.3, 0.4) is 0 Å². The summed E-state index contributed by atoms with van der Waals surface area (Å²) in [6.45, 7) is 2.09. The molecule has 0 spiro atoms. The van der Waals surface area contributed by atoms with E-state index in [0.29, 0.717) is 5.76 Å². The molecule has 2 aliphatic carbocycles. The smallest absolute Gasteiger partial charge is 0.139 e. The van der Waals surface area contributed by atoms with E-state index in [4.69, 9.17) is 5.11 Å². The molecule has 0 bridgehead atoms. The minimum Gasteiger partial charge on any atom is -0.504 e. The van der Waals surface area contributed by atoms with Crippen molar-refractivity contribution >= 4 is 0 Å². The number of allylic oxidation sites excluding steroid dienone is 2. The Morgan fingerprint density at radius 1 is 1.40 bits per heavy atom. The minimum atomic E-state index is 0.413. The van der Waals surface area contributed by atoms with Crippen LogP contribution in [-0.4, -0.2) is 5.11 Å². The average Bonchev–Trinajstić information content (AvgIpc) is 1.77. The Morgan fingerprint density at radius 2 is 2.20 bits per heavy atom. The van der Waals surface area contributed by atoms with E-state index in [9.17, 15) is 0 Å². The molecule has 0 aromatic heterocycles. The van der Waals surface area contributed by atoms with Crippen LogP contribution in [0.5, 0.6) is 0 Å². The van der Waals surface area contributed by atoms with Crippen LogP contribution in [-0.2, 0) is 0 Å². The van der Waals surface area contributed by atoms with Crippen molar-refractivity contribution in [1.29, 1.82) is 0 Å². The van der Waals surface area contributed by atoms with Gasteiger partial charge in [-0.15, -0.1) is 0 Å². The summed E-state index contributed by atoms with van der Waals surface area (Å²) in [6.07, 6.45) is 3.02. The first-order chi connectivity index (χ1) is 4.77. The molecule has 52 valence electrons. The van der Waals surface area contributed by atoms with Crippen LogP contribution in [0.2, 0.25) is 0 Å². The Hall–Kier alpha value is -0.940. The third kappa shape index (κ3) is 0.644. The second kappa shape index (κ2) is 1.77. The summed E-state index contributed by atoms with van der Waals surface area (Å²) in [5.74, 6) is 0.413. The van der Waals surface area contributed by atoms with Gasteiger partial charge in [-0.2, -0.15) is 0 Å². The van der Waals surface area contributed by atoms with Gasteiger partial charge < -0.3 is 5.11 Å². The van der Waals surface area contributed by atoms with Gasteiger partial charge in [-0.25, -0.2) is 0 Å². The molecule has 0 unspecified atom stereocenters. The van der Waals surface area contributed by atoms with E-state index in [0.717, 1.165) is 12.8 Å². The molecule has 2 aliphatic rings. The summed E-state index contributed by atoms with van der Waals surface area (Å²) in [5.41, 5.74) is 6.99. The fraction of sp³-hybridized carbons (Fsp3) is 0.444. The molecule has 0 amide bonds. The van der Waals surface area contributed by atoms with Crippen LogP contribution in [0.15, 0.2) is 28.2 Å². The zero-order valence-electron chi connectivity index (χ0n) is 6.07. The first-order valence-electron chi connectivity index (χ1n) is 3.64. The van der Waals surface area contributed by atoms with Crippen molar-refractivity contribution in [3.63, 3.8) is 0 Å². The van der Waals surface area contributed by atoms with Crippen molar-refractivity contribution in [2.24, 2.45) is 0 Å². The molecule has 0 aliphatic heterocycles. The van der Waals surface area contributed by atoms with Crippen LogP contribution in [0.1, 0.15) is 26.2 Å². The van der Waals surface area contributed by atoms with Gasteiger partial charge in [0.25, 0.3) is 0 Å². The van der Waals surface area contributed by atoms with Gasteiger partial charge in [0.05, 0.1) is 0 Å². The van der Waals surface area contributed by atoms with Gasteiger partial charge in [-0.05, 0) is 25.3 Å².